The third kappa shape index (κ3) is 5.67. The molecule has 1 aliphatic rings. The van der Waals surface area contributed by atoms with E-state index < -0.39 is 12.3 Å². The molecule has 43 heavy (non-hydrogen) atoms. The summed E-state index contributed by atoms with van der Waals surface area (Å²) >= 11 is 12.3. The first-order chi connectivity index (χ1) is 20.7. The fraction of sp³-hybridized carbons (Fsp3) is 0.276. The summed E-state index contributed by atoms with van der Waals surface area (Å²) in [5, 5.41) is 15.6. The van der Waals surface area contributed by atoms with Crippen molar-refractivity contribution in [3.05, 3.63) is 87.5 Å². The number of benzene rings is 1. The van der Waals surface area contributed by atoms with E-state index in [0.717, 1.165) is 0 Å². The summed E-state index contributed by atoms with van der Waals surface area (Å²) in [6, 6.07) is 9.59. The molecule has 1 unspecified atom stereocenters. The molecule has 5 aromatic rings. The van der Waals surface area contributed by atoms with Gasteiger partial charge in [-0.15, -0.1) is 5.10 Å². The smallest absolute Gasteiger partial charge is 0.254 e. The summed E-state index contributed by atoms with van der Waals surface area (Å²) in [5.74, 6) is -0.512. The lowest BCUT2D eigenvalue weighted by molar-refractivity contribution is -0.119. The van der Waals surface area contributed by atoms with Gasteiger partial charge in [-0.2, -0.15) is 5.10 Å². The predicted octanol–water partition coefficient (Wildman–Crippen LogP) is 5.89. The molecular weight excluding hydrogens is 596 g/mol. The highest BCUT2D eigenvalue weighted by molar-refractivity contribution is 6.31. The maximum Gasteiger partial charge on any atom is 0.254 e. The first kappa shape index (κ1) is 28.7. The quantitative estimate of drug-likeness (QED) is 0.265. The molecule has 220 valence electrons. The van der Waals surface area contributed by atoms with E-state index in [9.17, 15) is 14.0 Å². The van der Waals surface area contributed by atoms with Gasteiger partial charge >= 0.3 is 0 Å². The molecule has 0 fully saturated rings. The van der Waals surface area contributed by atoms with Crippen LogP contribution in [0.1, 0.15) is 51.1 Å². The van der Waals surface area contributed by atoms with Crippen molar-refractivity contribution >= 4 is 34.8 Å². The number of nitrogens with one attached hydrogen (secondary N) is 1. The Morgan fingerprint density at radius 3 is 2.67 bits per heavy atom. The van der Waals surface area contributed by atoms with Crippen molar-refractivity contribution in [2.24, 2.45) is 5.92 Å². The zero-order valence-electron chi connectivity index (χ0n) is 23.2. The number of hydrogen-bond acceptors (Lipinski definition) is 7. The van der Waals surface area contributed by atoms with Crippen LogP contribution in [0.3, 0.4) is 0 Å². The van der Waals surface area contributed by atoms with E-state index in [4.69, 9.17) is 23.2 Å². The molecule has 14 heteroatoms. The molecule has 0 radical (unpaired) electrons. The lowest BCUT2D eigenvalue weighted by Crippen LogP contribution is -2.27. The van der Waals surface area contributed by atoms with E-state index in [-0.39, 0.29) is 22.5 Å². The van der Waals surface area contributed by atoms with E-state index in [1.165, 1.54) is 39.4 Å². The summed E-state index contributed by atoms with van der Waals surface area (Å²) in [6.45, 7) is 3.21. The lowest BCUT2D eigenvalue weighted by atomic mass is 9.97. The summed E-state index contributed by atoms with van der Waals surface area (Å²) < 4.78 is 18.8. The monoisotopic (exact) mass is 621 g/mol. The first-order valence-electron chi connectivity index (χ1n) is 13.6. The SMILES string of the molecule is CC(F)n1ncc2c1-c1ccnc(c1)[C@@H](n1cnc(-c3cc(Cl)ccc3-n3cc(Cl)nn3)cc1=O)CCC[C@@H](C)C(=O)N2. The molecule has 6 rings (SSSR count). The number of rotatable bonds is 4. The molecule has 4 aromatic heterocycles. The molecule has 5 heterocycles. The highest BCUT2D eigenvalue weighted by Gasteiger charge is 2.25. The molecule has 2 bridgehead atoms. The van der Waals surface area contributed by atoms with Gasteiger partial charge in [-0.05, 0) is 50.1 Å². The minimum absolute atomic E-state index is 0.187. The maximum absolute atomic E-state index is 14.6. The number of aromatic nitrogens is 8. The van der Waals surface area contributed by atoms with E-state index >= 15 is 0 Å². The van der Waals surface area contributed by atoms with E-state index in [1.54, 1.807) is 42.7 Å². The Bertz CT molecular complexity index is 1880. The third-order valence-electron chi connectivity index (χ3n) is 7.47. The van der Waals surface area contributed by atoms with Gasteiger partial charge in [0.25, 0.3) is 5.56 Å². The van der Waals surface area contributed by atoms with Crippen molar-refractivity contribution < 1.29 is 9.18 Å². The average molecular weight is 622 g/mol. The Morgan fingerprint density at radius 2 is 1.93 bits per heavy atom. The molecule has 1 aliphatic heterocycles. The summed E-state index contributed by atoms with van der Waals surface area (Å²) in [7, 11) is 0. The van der Waals surface area contributed by atoms with Crippen LogP contribution in [0.2, 0.25) is 10.2 Å². The average Bonchev–Trinajstić information content (AvgIpc) is 3.61. The van der Waals surface area contributed by atoms with Gasteiger partial charge in [-0.25, -0.2) is 18.7 Å². The number of nitrogens with zero attached hydrogens (tertiary/aromatic N) is 8. The normalized spacial score (nSPS) is 17.8. The number of pyridine rings is 1. The fourth-order valence-corrected chi connectivity index (χ4v) is 5.59. The van der Waals surface area contributed by atoms with Crippen LogP contribution in [0.25, 0.3) is 28.2 Å². The van der Waals surface area contributed by atoms with Gasteiger partial charge in [0.1, 0.15) is 0 Å². The number of fused-ring (bicyclic) bond motifs is 4. The van der Waals surface area contributed by atoms with Crippen LogP contribution < -0.4 is 10.9 Å². The standard InChI is InChI=1S/C29H26Cl2FN9O2/c1-16-4-3-5-25(22-10-18(8-9-33-22)28-23(36-29(16)43)13-35-41(28)17(2)32)39-15-34-21(12-27(39)42)20-11-19(30)6-7-24(20)40-14-26(31)37-38-40/h6-17,25H,3-5H2,1-2H3,(H,36,43)/t16-,17?,25+/m1/s1. The summed E-state index contributed by atoms with van der Waals surface area (Å²) in [6.07, 6.45) is 6.35. The first-order valence-corrected chi connectivity index (χ1v) is 14.4. The van der Waals surface area contributed by atoms with Gasteiger partial charge in [-0.3, -0.25) is 19.1 Å². The molecule has 0 aliphatic carbocycles. The second-order valence-corrected chi connectivity index (χ2v) is 11.2. The van der Waals surface area contributed by atoms with Crippen LogP contribution in [-0.2, 0) is 4.79 Å². The molecule has 1 N–H and O–H groups in total. The maximum atomic E-state index is 14.6. The molecule has 0 saturated heterocycles. The highest BCUT2D eigenvalue weighted by Crippen LogP contribution is 2.35. The number of anilines is 1. The zero-order chi connectivity index (χ0) is 30.2. The largest absolute Gasteiger partial charge is 0.323 e. The minimum atomic E-state index is -1.44. The van der Waals surface area contributed by atoms with Crippen LogP contribution in [0.15, 0.2) is 66.1 Å². The zero-order valence-corrected chi connectivity index (χ0v) is 24.7. The van der Waals surface area contributed by atoms with Crippen molar-refractivity contribution in [3.63, 3.8) is 0 Å². The van der Waals surface area contributed by atoms with Crippen molar-refractivity contribution in [2.45, 2.75) is 45.4 Å². The molecular formula is C29H26Cl2FN9O2. The van der Waals surface area contributed by atoms with Crippen molar-refractivity contribution in [1.82, 2.24) is 39.3 Å². The summed E-state index contributed by atoms with van der Waals surface area (Å²) in [4.78, 5) is 35.9. The van der Waals surface area contributed by atoms with Crippen LogP contribution in [0, 0.1) is 5.92 Å². The Labute approximate surface area is 255 Å². The van der Waals surface area contributed by atoms with Gasteiger partial charge in [-0.1, -0.05) is 41.8 Å². The van der Waals surface area contributed by atoms with Gasteiger partial charge in [0.2, 0.25) is 5.91 Å². The van der Waals surface area contributed by atoms with E-state index in [2.05, 4.69) is 30.7 Å². The number of hydrogen-bond donors (Lipinski definition) is 1. The number of alkyl halides is 1. The van der Waals surface area contributed by atoms with Crippen LogP contribution in [0.4, 0.5) is 10.1 Å². The van der Waals surface area contributed by atoms with Gasteiger partial charge in [0, 0.05) is 34.3 Å². The molecule has 0 saturated carbocycles. The Kier molecular flexibility index (Phi) is 7.80. The lowest BCUT2D eigenvalue weighted by Gasteiger charge is -2.22. The van der Waals surface area contributed by atoms with Crippen LogP contribution >= 0.6 is 23.2 Å². The van der Waals surface area contributed by atoms with Crippen molar-refractivity contribution in [3.8, 4) is 28.2 Å². The third-order valence-corrected chi connectivity index (χ3v) is 7.88. The number of carbonyl (C=O) groups excluding carboxylic acids is 1. The highest BCUT2D eigenvalue weighted by atomic mass is 35.5. The van der Waals surface area contributed by atoms with Gasteiger partial charge in [0.05, 0.1) is 53.2 Å². The molecule has 0 spiro atoms. The minimum Gasteiger partial charge on any atom is -0.323 e. The molecule has 3 atom stereocenters. The number of carbonyl (C=O) groups is 1. The van der Waals surface area contributed by atoms with Crippen molar-refractivity contribution in [1.29, 1.82) is 0 Å². The predicted molar refractivity (Wildman–Crippen MR) is 160 cm³/mol. The Morgan fingerprint density at radius 1 is 1.09 bits per heavy atom. The Balaban J connectivity index is 1.45. The topological polar surface area (TPSA) is 125 Å². The van der Waals surface area contributed by atoms with E-state index in [1.807, 2.05) is 6.92 Å². The summed E-state index contributed by atoms with van der Waals surface area (Å²) in [5.41, 5.74) is 3.26. The molecule has 1 amide bonds. The number of amides is 1. The number of halogens is 3. The van der Waals surface area contributed by atoms with Gasteiger partial charge in [0.15, 0.2) is 11.4 Å². The fourth-order valence-electron chi connectivity index (χ4n) is 5.29. The molecule has 11 nitrogen and oxygen atoms in total. The second kappa shape index (κ2) is 11.7. The Hall–Kier alpha value is -4.42. The van der Waals surface area contributed by atoms with Gasteiger partial charge < -0.3 is 5.32 Å². The van der Waals surface area contributed by atoms with E-state index in [0.29, 0.717) is 63.9 Å². The van der Waals surface area contributed by atoms with Crippen molar-refractivity contribution in [2.75, 3.05) is 5.32 Å². The molecule has 1 aromatic carbocycles. The second-order valence-electron chi connectivity index (χ2n) is 10.4. The van der Waals surface area contributed by atoms with Crippen LogP contribution in [0.5, 0.6) is 0 Å². The van der Waals surface area contributed by atoms with Crippen LogP contribution in [-0.4, -0.2) is 45.2 Å².